The summed E-state index contributed by atoms with van der Waals surface area (Å²) in [5.74, 6) is 0.615. The number of anilines is 1. The number of nitrogens with zero attached hydrogens (tertiary/aromatic N) is 3. The fourth-order valence-electron chi connectivity index (χ4n) is 1.63. The van der Waals surface area contributed by atoms with Crippen LogP contribution in [0.5, 0.6) is 0 Å². The maximum Gasteiger partial charge on any atom is 0.290 e. The zero-order valence-electron chi connectivity index (χ0n) is 10.8. The van der Waals surface area contributed by atoms with Crippen molar-refractivity contribution in [1.82, 2.24) is 9.97 Å². The van der Waals surface area contributed by atoms with Gasteiger partial charge in [-0.3, -0.25) is 15.1 Å². The molecule has 6 heteroatoms. The Kier molecular flexibility index (Phi) is 3.70. The fourth-order valence-corrected chi connectivity index (χ4v) is 1.63. The summed E-state index contributed by atoms with van der Waals surface area (Å²) in [4.78, 5) is 18.5. The first-order valence-electron chi connectivity index (χ1n) is 5.82. The van der Waals surface area contributed by atoms with Crippen LogP contribution in [0, 0.1) is 24.0 Å². The molecule has 0 saturated heterocycles. The molecule has 0 spiro atoms. The highest BCUT2D eigenvalue weighted by atomic mass is 16.6. The summed E-state index contributed by atoms with van der Waals surface area (Å²) >= 11 is 0. The van der Waals surface area contributed by atoms with Gasteiger partial charge in [0.1, 0.15) is 12.0 Å². The number of aromatic nitrogens is 2. The molecule has 2 heterocycles. The topological polar surface area (TPSA) is 81.0 Å². The van der Waals surface area contributed by atoms with Crippen molar-refractivity contribution in [3.63, 3.8) is 0 Å². The van der Waals surface area contributed by atoms with E-state index in [0.29, 0.717) is 17.9 Å². The van der Waals surface area contributed by atoms with Crippen LogP contribution in [-0.4, -0.2) is 14.9 Å². The Morgan fingerprint density at radius 3 is 2.63 bits per heavy atom. The average molecular weight is 258 g/mol. The molecule has 0 bridgehead atoms. The molecule has 0 aliphatic heterocycles. The number of nitro groups is 1. The van der Waals surface area contributed by atoms with Gasteiger partial charge in [0.15, 0.2) is 0 Å². The van der Waals surface area contributed by atoms with Crippen molar-refractivity contribution < 1.29 is 4.92 Å². The SMILES string of the molecule is Cc1ccc(CNc2cc(C)c([N+](=O)[O-])cn2)cn1. The van der Waals surface area contributed by atoms with E-state index in [1.54, 1.807) is 19.2 Å². The van der Waals surface area contributed by atoms with Gasteiger partial charge >= 0.3 is 0 Å². The zero-order chi connectivity index (χ0) is 13.8. The molecule has 0 radical (unpaired) electrons. The molecule has 0 unspecified atom stereocenters. The standard InChI is InChI=1S/C13H14N4O2/c1-9-5-13(16-8-12(9)17(18)19)15-7-11-4-3-10(2)14-6-11/h3-6,8H,7H2,1-2H3,(H,15,16). The molecule has 0 amide bonds. The second-order valence-corrected chi connectivity index (χ2v) is 4.27. The quantitative estimate of drug-likeness (QED) is 0.673. The van der Waals surface area contributed by atoms with Crippen LogP contribution >= 0.6 is 0 Å². The fraction of sp³-hybridized carbons (Fsp3) is 0.231. The number of rotatable bonds is 4. The molecular formula is C13H14N4O2. The van der Waals surface area contributed by atoms with E-state index < -0.39 is 4.92 Å². The Bertz CT molecular complexity index is 596. The van der Waals surface area contributed by atoms with E-state index in [4.69, 9.17) is 0 Å². The van der Waals surface area contributed by atoms with Crippen molar-refractivity contribution in [2.24, 2.45) is 0 Å². The first kappa shape index (κ1) is 12.9. The van der Waals surface area contributed by atoms with E-state index in [9.17, 15) is 10.1 Å². The number of aryl methyl sites for hydroxylation is 2. The van der Waals surface area contributed by atoms with Crippen LogP contribution < -0.4 is 5.32 Å². The van der Waals surface area contributed by atoms with E-state index in [2.05, 4.69) is 15.3 Å². The molecule has 2 aromatic rings. The molecule has 1 N–H and O–H groups in total. The minimum atomic E-state index is -0.435. The van der Waals surface area contributed by atoms with Gasteiger partial charge in [-0.15, -0.1) is 0 Å². The monoisotopic (exact) mass is 258 g/mol. The molecule has 2 aromatic heterocycles. The molecule has 0 aliphatic rings. The predicted molar refractivity (Wildman–Crippen MR) is 71.9 cm³/mol. The van der Waals surface area contributed by atoms with Crippen LogP contribution in [0.4, 0.5) is 11.5 Å². The van der Waals surface area contributed by atoms with Gasteiger partial charge < -0.3 is 5.32 Å². The van der Waals surface area contributed by atoms with Gasteiger partial charge in [-0.2, -0.15) is 0 Å². The first-order valence-corrected chi connectivity index (χ1v) is 5.82. The van der Waals surface area contributed by atoms with Crippen LogP contribution in [0.3, 0.4) is 0 Å². The second kappa shape index (κ2) is 5.43. The smallest absolute Gasteiger partial charge is 0.290 e. The van der Waals surface area contributed by atoms with Gasteiger partial charge in [0.05, 0.1) is 4.92 Å². The third-order valence-corrected chi connectivity index (χ3v) is 2.73. The third kappa shape index (κ3) is 3.25. The Balaban J connectivity index is 2.06. The Morgan fingerprint density at radius 1 is 1.26 bits per heavy atom. The summed E-state index contributed by atoms with van der Waals surface area (Å²) in [7, 11) is 0. The Hall–Kier alpha value is -2.50. The van der Waals surface area contributed by atoms with Crippen molar-refractivity contribution >= 4 is 11.5 Å². The second-order valence-electron chi connectivity index (χ2n) is 4.27. The lowest BCUT2D eigenvalue weighted by molar-refractivity contribution is -0.385. The van der Waals surface area contributed by atoms with E-state index in [0.717, 1.165) is 11.3 Å². The van der Waals surface area contributed by atoms with Gasteiger partial charge in [-0.25, -0.2) is 4.98 Å². The highest BCUT2D eigenvalue weighted by Gasteiger charge is 2.11. The van der Waals surface area contributed by atoms with Gasteiger partial charge in [0.25, 0.3) is 5.69 Å². The van der Waals surface area contributed by atoms with E-state index in [1.165, 1.54) is 6.20 Å². The summed E-state index contributed by atoms with van der Waals surface area (Å²) in [5.41, 5.74) is 2.61. The number of nitrogens with one attached hydrogen (secondary N) is 1. The van der Waals surface area contributed by atoms with Crippen molar-refractivity contribution in [2.45, 2.75) is 20.4 Å². The molecule has 0 aliphatic carbocycles. The summed E-state index contributed by atoms with van der Waals surface area (Å²) in [6.45, 7) is 4.20. The lowest BCUT2D eigenvalue weighted by atomic mass is 10.2. The molecule has 6 nitrogen and oxygen atoms in total. The number of pyridine rings is 2. The summed E-state index contributed by atoms with van der Waals surface area (Å²) in [6, 6.07) is 5.58. The predicted octanol–water partition coefficient (Wildman–Crippen LogP) is 2.61. The summed E-state index contributed by atoms with van der Waals surface area (Å²) in [5, 5.41) is 13.8. The van der Waals surface area contributed by atoms with E-state index in [1.807, 2.05) is 19.1 Å². The molecule has 19 heavy (non-hydrogen) atoms. The van der Waals surface area contributed by atoms with Crippen LogP contribution in [-0.2, 0) is 6.54 Å². The summed E-state index contributed by atoms with van der Waals surface area (Å²) in [6.07, 6.45) is 3.06. The van der Waals surface area contributed by atoms with Crippen LogP contribution in [0.1, 0.15) is 16.8 Å². The maximum atomic E-state index is 10.7. The lowest BCUT2D eigenvalue weighted by Crippen LogP contribution is -2.03. The third-order valence-electron chi connectivity index (χ3n) is 2.73. The van der Waals surface area contributed by atoms with Crippen molar-refractivity contribution in [3.05, 3.63) is 57.5 Å². The number of hydrogen-bond donors (Lipinski definition) is 1. The minimum Gasteiger partial charge on any atom is -0.366 e. The van der Waals surface area contributed by atoms with Crippen LogP contribution in [0.2, 0.25) is 0 Å². The average Bonchev–Trinajstić information content (AvgIpc) is 2.37. The van der Waals surface area contributed by atoms with E-state index >= 15 is 0 Å². The highest BCUT2D eigenvalue weighted by Crippen LogP contribution is 2.19. The molecule has 0 aromatic carbocycles. The molecule has 0 saturated carbocycles. The molecular weight excluding hydrogens is 244 g/mol. The van der Waals surface area contributed by atoms with E-state index in [-0.39, 0.29) is 5.69 Å². The zero-order valence-corrected chi connectivity index (χ0v) is 10.8. The van der Waals surface area contributed by atoms with Crippen molar-refractivity contribution in [3.8, 4) is 0 Å². The summed E-state index contributed by atoms with van der Waals surface area (Å²) < 4.78 is 0. The maximum absolute atomic E-state index is 10.7. The van der Waals surface area contributed by atoms with Crippen LogP contribution in [0.15, 0.2) is 30.6 Å². The lowest BCUT2D eigenvalue weighted by Gasteiger charge is -2.06. The Labute approximate surface area is 110 Å². The minimum absolute atomic E-state index is 0.0301. The largest absolute Gasteiger partial charge is 0.366 e. The number of hydrogen-bond acceptors (Lipinski definition) is 5. The molecule has 98 valence electrons. The first-order chi connectivity index (χ1) is 9.06. The molecule has 2 rings (SSSR count). The Morgan fingerprint density at radius 2 is 2.05 bits per heavy atom. The van der Waals surface area contributed by atoms with Gasteiger partial charge in [0, 0.05) is 24.0 Å². The van der Waals surface area contributed by atoms with Crippen molar-refractivity contribution in [2.75, 3.05) is 5.32 Å². The van der Waals surface area contributed by atoms with Gasteiger partial charge in [0.2, 0.25) is 0 Å². The van der Waals surface area contributed by atoms with Crippen molar-refractivity contribution in [1.29, 1.82) is 0 Å². The van der Waals surface area contributed by atoms with Gasteiger partial charge in [-0.05, 0) is 31.5 Å². The molecule has 0 fully saturated rings. The molecule has 0 atom stereocenters. The van der Waals surface area contributed by atoms with Crippen LogP contribution in [0.25, 0.3) is 0 Å². The highest BCUT2D eigenvalue weighted by molar-refractivity contribution is 5.47. The van der Waals surface area contributed by atoms with Gasteiger partial charge in [-0.1, -0.05) is 6.07 Å². The normalized spacial score (nSPS) is 10.2.